The highest BCUT2D eigenvalue weighted by Crippen LogP contribution is 2.27. The van der Waals surface area contributed by atoms with Gasteiger partial charge in [-0.15, -0.1) is 0 Å². The molecule has 0 saturated carbocycles. The van der Waals surface area contributed by atoms with Crippen molar-refractivity contribution in [2.24, 2.45) is 5.16 Å². The van der Waals surface area contributed by atoms with Crippen molar-refractivity contribution in [2.45, 2.75) is 13.8 Å². The van der Waals surface area contributed by atoms with E-state index in [2.05, 4.69) is 19.0 Å². The zero-order valence-corrected chi connectivity index (χ0v) is 13.6. The van der Waals surface area contributed by atoms with Crippen LogP contribution in [0.15, 0.2) is 41.6 Å². The summed E-state index contributed by atoms with van der Waals surface area (Å²) in [6.07, 6.45) is 1.33. The summed E-state index contributed by atoms with van der Waals surface area (Å²) in [6.45, 7) is 4.92. The van der Waals surface area contributed by atoms with E-state index in [1.165, 1.54) is 17.3 Å². The van der Waals surface area contributed by atoms with Gasteiger partial charge < -0.3 is 19.4 Å². The van der Waals surface area contributed by atoms with Gasteiger partial charge >= 0.3 is 0 Å². The van der Waals surface area contributed by atoms with Crippen LogP contribution in [0.2, 0.25) is 0 Å². The summed E-state index contributed by atoms with van der Waals surface area (Å²) in [6, 6.07) is 11.3. The molecule has 0 radical (unpaired) electrons. The van der Waals surface area contributed by atoms with Crippen molar-refractivity contribution < 1.29 is 19.4 Å². The average Bonchev–Trinajstić information content (AvgIpc) is 2.55. The molecule has 23 heavy (non-hydrogen) atoms. The van der Waals surface area contributed by atoms with E-state index in [1.807, 2.05) is 18.2 Å². The number of hydrogen-bond acceptors (Lipinski definition) is 5. The lowest BCUT2D eigenvalue weighted by Crippen LogP contribution is -2.10. The quantitative estimate of drug-likeness (QED) is 0.367. The smallest absolute Gasteiger partial charge is 0.161 e. The molecule has 0 saturated heterocycles. The molecule has 0 aliphatic carbocycles. The first-order valence-electron chi connectivity index (χ1n) is 7.32. The number of ether oxygens (including phenoxy) is 3. The molecule has 0 unspecified atom stereocenters. The Kier molecular flexibility index (Phi) is 5.86. The van der Waals surface area contributed by atoms with E-state index >= 15 is 0 Å². The van der Waals surface area contributed by atoms with Crippen molar-refractivity contribution in [1.29, 1.82) is 0 Å². The molecule has 0 aliphatic rings. The summed E-state index contributed by atoms with van der Waals surface area (Å²) in [5.41, 5.74) is 3.15. The summed E-state index contributed by atoms with van der Waals surface area (Å²) in [5, 5.41) is 11.6. The van der Waals surface area contributed by atoms with Crippen LogP contribution in [0.4, 0.5) is 0 Å². The topological polar surface area (TPSA) is 60.3 Å². The lowest BCUT2D eigenvalue weighted by Gasteiger charge is -2.12. The molecule has 0 aliphatic heterocycles. The van der Waals surface area contributed by atoms with Gasteiger partial charge in [-0.25, -0.2) is 0 Å². The molecular weight excluding hydrogens is 294 g/mol. The highest BCUT2D eigenvalue weighted by molar-refractivity contribution is 5.80. The Labute approximate surface area is 136 Å². The van der Waals surface area contributed by atoms with Crippen molar-refractivity contribution >= 4 is 6.21 Å². The fourth-order valence-electron chi connectivity index (χ4n) is 2.07. The monoisotopic (exact) mass is 315 g/mol. The Morgan fingerprint density at radius 1 is 0.957 bits per heavy atom. The van der Waals surface area contributed by atoms with Gasteiger partial charge in [-0.05, 0) is 55.3 Å². The predicted molar refractivity (Wildman–Crippen MR) is 89.3 cm³/mol. The van der Waals surface area contributed by atoms with Crippen LogP contribution in [-0.2, 0) is 0 Å². The Bertz CT molecular complexity index is 683. The Hall–Kier alpha value is -2.69. The first-order chi connectivity index (χ1) is 11.1. The first-order valence-corrected chi connectivity index (χ1v) is 7.32. The van der Waals surface area contributed by atoms with E-state index in [0.29, 0.717) is 24.7 Å². The standard InChI is InChI=1S/C18H21NO4/c1-13-4-6-16(10-14(13)2)22-8-9-23-18-11-15(12-19-20)5-7-17(18)21-3/h4-7,10-12,20H,8-9H2,1-3H3/b19-12+. The Morgan fingerprint density at radius 3 is 2.43 bits per heavy atom. The van der Waals surface area contributed by atoms with Gasteiger partial charge in [-0.2, -0.15) is 0 Å². The summed E-state index contributed by atoms with van der Waals surface area (Å²) in [5.74, 6) is 2.02. The highest BCUT2D eigenvalue weighted by Gasteiger charge is 2.05. The van der Waals surface area contributed by atoms with Gasteiger partial charge in [0, 0.05) is 5.56 Å². The lowest BCUT2D eigenvalue weighted by molar-refractivity contribution is 0.211. The van der Waals surface area contributed by atoms with E-state index in [4.69, 9.17) is 19.4 Å². The predicted octanol–water partition coefficient (Wildman–Crippen LogP) is 3.58. The first kappa shape index (κ1) is 16.7. The maximum atomic E-state index is 8.60. The number of aryl methyl sites for hydroxylation is 2. The molecule has 0 heterocycles. The SMILES string of the molecule is COc1ccc(/C=N/O)cc1OCCOc1ccc(C)c(C)c1. The Morgan fingerprint density at radius 2 is 1.74 bits per heavy atom. The fraction of sp³-hybridized carbons (Fsp3) is 0.278. The van der Waals surface area contributed by atoms with Gasteiger partial charge in [0.15, 0.2) is 11.5 Å². The molecule has 2 aromatic rings. The number of methoxy groups -OCH3 is 1. The van der Waals surface area contributed by atoms with Crippen LogP contribution in [0.25, 0.3) is 0 Å². The molecule has 5 heteroatoms. The molecule has 0 atom stereocenters. The molecule has 0 aromatic heterocycles. The molecule has 0 spiro atoms. The van der Waals surface area contributed by atoms with Crippen LogP contribution in [0, 0.1) is 13.8 Å². The van der Waals surface area contributed by atoms with Crippen molar-refractivity contribution in [3.8, 4) is 17.2 Å². The number of oxime groups is 1. The minimum absolute atomic E-state index is 0.378. The van der Waals surface area contributed by atoms with Gasteiger partial charge in [0.25, 0.3) is 0 Å². The molecule has 2 rings (SSSR count). The molecule has 0 fully saturated rings. The zero-order valence-electron chi connectivity index (χ0n) is 13.6. The molecule has 0 bridgehead atoms. The van der Waals surface area contributed by atoms with Crippen molar-refractivity contribution in [2.75, 3.05) is 20.3 Å². The van der Waals surface area contributed by atoms with Gasteiger partial charge in [0.2, 0.25) is 0 Å². The Balaban J connectivity index is 1.92. The summed E-state index contributed by atoms with van der Waals surface area (Å²) >= 11 is 0. The number of hydrogen-bond donors (Lipinski definition) is 1. The minimum Gasteiger partial charge on any atom is -0.493 e. The maximum absolute atomic E-state index is 8.60. The normalized spacial score (nSPS) is 10.7. The molecule has 1 N–H and O–H groups in total. The second-order valence-electron chi connectivity index (χ2n) is 5.10. The summed E-state index contributed by atoms with van der Waals surface area (Å²) in [4.78, 5) is 0. The molecule has 122 valence electrons. The minimum atomic E-state index is 0.378. The van der Waals surface area contributed by atoms with Crippen LogP contribution >= 0.6 is 0 Å². The van der Waals surface area contributed by atoms with Crippen molar-refractivity contribution in [3.63, 3.8) is 0 Å². The largest absolute Gasteiger partial charge is 0.493 e. The molecule has 2 aromatic carbocycles. The maximum Gasteiger partial charge on any atom is 0.161 e. The van der Waals surface area contributed by atoms with Crippen molar-refractivity contribution in [1.82, 2.24) is 0 Å². The summed E-state index contributed by atoms with van der Waals surface area (Å²) in [7, 11) is 1.58. The average molecular weight is 315 g/mol. The number of benzene rings is 2. The summed E-state index contributed by atoms with van der Waals surface area (Å²) < 4.78 is 16.6. The van der Waals surface area contributed by atoms with E-state index in [0.717, 1.165) is 11.3 Å². The third-order valence-electron chi connectivity index (χ3n) is 3.48. The van der Waals surface area contributed by atoms with Crippen molar-refractivity contribution in [3.05, 3.63) is 53.1 Å². The second-order valence-corrected chi connectivity index (χ2v) is 5.10. The molecule has 5 nitrogen and oxygen atoms in total. The van der Waals surface area contributed by atoms with Crippen LogP contribution in [-0.4, -0.2) is 31.7 Å². The van der Waals surface area contributed by atoms with E-state index in [9.17, 15) is 0 Å². The fourth-order valence-corrected chi connectivity index (χ4v) is 2.07. The molecule has 0 amide bonds. The van der Waals surface area contributed by atoms with Gasteiger partial charge in [-0.1, -0.05) is 11.2 Å². The third kappa shape index (κ3) is 4.64. The van der Waals surface area contributed by atoms with Gasteiger partial charge in [-0.3, -0.25) is 0 Å². The number of rotatable bonds is 7. The van der Waals surface area contributed by atoms with Crippen LogP contribution in [0.3, 0.4) is 0 Å². The van der Waals surface area contributed by atoms with E-state index < -0.39 is 0 Å². The van der Waals surface area contributed by atoms with E-state index in [1.54, 1.807) is 25.3 Å². The van der Waals surface area contributed by atoms with Gasteiger partial charge in [0.1, 0.15) is 19.0 Å². The lowest BCUT2D eigenvalue weighted by atomic mass is 10.1. The van der Waals surface area contributed by atoms with Crippen LogP contribution in [0.1, 0.15) is 16.7 Å². The second kappa shape index (κ2) is 8.08. The molecular formula is C18H21NO4. The van der Waals surface area contributed by atoms with Gasteiger partial charge in [0.05, 0.1) is 13.3 Å². The highest BCUT2D eigenvalue weighted by atomic mass is 16.5. The third-order valence-corrected chi connectivity index (χ3v) is 3.48. The van der Waals surface area contributed by atoms with Crippen LogP contribution < -0.4 is 14.2 Å². The zero-order chi connectivity index (χ0) is 16.7. The number of nitrogens with zero attached hydrogens (tertiary/aromatic N) is 1. The van der Waals surface area contributed by atoms with E-state index in [-0.39, 0.29) is 0 Å². The van der Waals surface area contributed by atoms with Crippen LogP contribution in [0.5, 0.6) is 17.2 Å².